The van der Waals surface area contributed by atoms with Crippen molar-refractivity contribution in [1.82, 2.24) is 5.32 Å². The molecule has 1 aromatic carbocycles. The topological polar surface area (TPSA) is 67.6 Å². The molecular formula is C13H20BrN3O2. The molecule has 5 nitrogen and oxygen atoms in total. The summed E-state index contributed by atoms with van der Waals surface area (Å²) in [7, 11) is 3.48. The van der Waals surface area contributed by atoms with Crippen LogP contribution in [0.4, 0.5) is 5.69 Å². The Morgan fingerprint density at radius 3 is 2.89 bits per heavy atom. The van der Waals surface area contributed by atoms with Gasteiger partial charge in [-0.25, -0.2) is 0 Å². The van der Waals surface area contributed by atoms with Crippen LogP contribution in [0.3, 0.4) is 0 Å². The number of methoxy groups -OCH3 is 1. The highest BCUT2D eigenvalue weighted by molar-refractivity contribution is 9.10. The number of benzene rings is 1. The number of nitrogens with zero attached hydrogens (tertiary/aromatic N) is 1. The van der Waals surface area contributed by atoms with E-state index in [0.29, 0.717) is 19.7 Å². The third-order valence-corrected chi connectivity index (χ3v) is 3.46. The third-order valence-electron chi connectivity index (χ3n) is 2.72. The normalized spacial score (nSPS) is 10.3. The van der Waals surface area contributed by atoms with Gasteiger partial charge in [0.15, 0.2) is 0 Å². The average Bonchev–Trinajstić information content (AvgIpc) is 2.38. The summed E-state index contributed by atoms with van der Waals surface area (Å²) < 4.78 is 5.84. The van der Waals surface area contributed by atoms with Crippen LogP contribution in [0.5, 0.6) is 0 Å². The fourth-order valence-corrected chi connectivity index (χ4v) is 2.27. The van der Waals surface area contributed by atoms with Crippen LogP contribution in [0.15, 0.2) is 22.7 Å². The number of carbonyl (C=O) groups excluding carboxylic acids is 1. The molecule has 1 rings (SSSR count). The number of rotatable bonds is 7. The molecule has 19 heavy (non-hydrogen) atoms. The molecule has 0 saturated carbocycles. The third kappa shape index (κ3) is 4.81. The molecule has 3 N–H and O–H groups in total. The van der Waals surface area contributed by atoms with Crippen LogP contribution in [0.25, 0.3) is 0 Å². The van der Waals surface area contributed by atoms with E-state index < -0.39 is 0 Å². The summed E-state index contributed by atoms with van der Waals surface area (Å²) in [4.78, 5) is 13.6. The Morgan fingerprint density at radius 1 is 1.53 bits per heavy atom. The lowest BCUT2D eigenvalue weighted by Gasteiger charge is -2.22. The van der Waals surface area contributed by atoms with Crippen molar-refractivity contribution >= 4 is 27.5 Å². The summed E-state index contributed by atoms with van der Waals surface area (Å²) >= 11 is 3.47. The molecule has 0 aliphatic rings. The van der Waals surface area contributed by atoms with Gasteiger partial charge in [0.1, 0.15) is 0 Å². The second-order valence-electron chi connectivity index (χ2n) is 4.14. The Hall–Kier alpha value is -1.11. The maximum Gasteiger partial charge on any atom is 0.239 e. The number of hydrogen-bond donors (Lipinski definition) is 2. The summed E-state index contributed by atoms with van der Waals surface area (Å²) in [5.41, 5.74) is 7.70. The highest BCUT2D eigenvalue weighted by atomic mass is 79.9. The highest BCUT2D eigenvalue weighted by Crippen LogP contribution is 2.26. The van der Waals surface area contributed by atoms with Crippen molar-refractivity contribution < 1.29 is 9.53 Å². The van der Waals surface area contributed by atoms with Gasteiger partial charge in [-0.2, -0.15) is 0 Å². The number of anilines is 1. The number of ether oxygens (including phenoxy) is 1. The van der Waals surface area contributed by atoms with E-state index in [1.165, 1.54) is 0 Å². The fourth-order valence-electron chi connectivity index (χ4n) is 1.76. The molecule has 0 unspecified atom stereocenters. The zero-order valence-electron chi connectivity index (χ0n) is 11.3. The highest BCUT2D eigenvalue weighted by Gasteiger charge is 2.12. The first-order valence-corrected chi connectivity index (χ1v) is 6.83. The van der Waals surface area contributed by atoms with Crippen molar-refractivity contribution in [2.24, 2.45) is 5.73 Å². The number of likely N-dealkylation sites (N-methyl/N-ethyl adjacent to an activating group) is 1. The first-order valence-electron chi connectivity index (χ1n) is 6.04. The van der Waals surface area contributed by atoms with Gasteiger partial charge in [-0.05, 0) is 12.1 Å². The minimum absolute atomic E-state index is 0.0394. The summed E-state index contributed by atoms with van der Waals surface area (Å²) in [6.07, 6.45) is 0. The van der Waals surface area contributed by atoms with Gasteiger partial charge >= 0.3 is 0 Å². The van der Waals surface area contributed by atoms with Crippen LogP contribution in [-0.4, -0.2) is 39.8 Å². The molecule has 1 aromatic rings. The van der Waals surface area contributed by atoms with Crippen LogP contribution in [0.2, 0.25) is 0 Å². The predicted molar refractivity (Wildman–Crippen MR) is 80.2 cm³/mol. The molecule has 0 saturated heterocycles. The quantitative estimate of drug-likeness (QED) is 0.735. The van der Waals surface area contributed by atoms with Gasteiger partial charge in [-0.3, -0.25) is 4.79 Å². The molecule has 0 aromatic heterocycles. The van der Waals surface area contributed by atoms with E-state index in [9.17, 15) is 4.79 Å². The van der Waals surface area contributed by atoms with Crippen molar-refractivity contribution in [3.05, 3.63) is 28.2 Å². The Labute approximate surface area is 122 Å². The number of amides is 1. The largest absolute Gasteiger partial charge is 0.383 e. The van der Waals surface area contributed by atoms with Gasteiger partial charge in [0.2, 0.25) is 5.91 Å². The molecule has 0 bridgehead atoms. The van der Waals surface area contributed by atoms with E-state index in [0.717, 1.165) is 15.7 Å². The molecule has 0 heterocycles. The molecule has 0 aliphatic carbocycles. The van der Waals surface area contributed by atoms with E-state index >= 15 is 0 Å². The van der Waals surface area contributed by atoms with E-state index in [2.05, 4.69) is 21.2 Å². The average molecular weight is 330 g/mol. The van der Waals surface area contributed by atoms with Gasteiger partial charge in [-0.1, -0.05) is 22.0 Å². The first-order chi connectivity index (χ1) is 9.10. The van der Waals surface area contributed by atoms with Gasteiger partial charge in [0.25, 0.3) is 0 Å². The number of nitrogens with two attached hydrogens (primary N) is 1. The van der Waals surface area contributed by atoms with Crippen LogP contribution in [0, 0.1) is 0 Å². The van der Waals surface area contributed by atoms with Crippen LogP contribution in [-0.2, 0) is 16.1 Å². The van der Waals surface area contributed by atoms with Crippen molar-refractivity contribution in [3.63, 3.8) is 0 Å². The molecule has 1 amide bonds. The van der Waals surface area contributed by atoms with E-state index in [1.54, 1.807) is 7.11 Å². The maximum absolute atomic E-state index is 11.7. The molecule has 6 heteroatoms. The number of nitrogens with one attached hydrogen (secondary N) is 1. The standard InChI is InChI=1S/C13H20BrN3O2/c1-17(9-13(18)16-6-7-19-2)12-5-3-4-11(14)10(12)8-15/h3-5H,6-9,15H2,1-2H3,(H,16,18). The van der Waals surface area contributed by atoms with Gasteiger partial charge in [-0.15, -0.1) is 0 Å². The Kier molecular flexibility index (Phi) is 6.83. The van der Waals surface area contributed by atoms with Crippen LogP contribution < -0.4 is 16.0 Å². The molecule has 106 valence electrons. The lowest BCUT2D eigenvalue weighted by atomic mass is 10.1. The van der Waals surface area contributed by atoms with Crippen molar-refractivity contribution in [3.8, 4) is 0 Å². The smallest absolute Gasteiger partial charge is 0.239 e. The monoisotopic (exact) mass is 329 g/mol. The number of hydrogen-bond acceptors (Lipinski definition) is 4. The molecule has 0 atom stereocenters. The van der Waals surface area contributed by atoms with E-state index in [4.69, 9.17) is 10.5 Å². The SMILES string of the molecule is COCCNC(=O)CN(C)c1cccc(Br)c1CN. The van der Waals surface area contributed by atoms with Crippen molar-refractivity contribution in [2.45, 2.75) is 6.54 Å². The van der Waals surface area contributed by atoms with Gasteiger partial charge in [0, 0.05) is 43.0 Å². The molecule has 0 spiro atoms. The predicted octanol–water partition coefficient (Wildman–Crippen LogP) is 1.11. The summed E-state index contributed by atoms with van der Waals surface area (Å²) in [6, 6.07) is 5.82. The van der Waals surface area contributed by atoms with Crippen molar-refractivity contribution in [1.29, 1.82) is 0 Å². The number of carbonyl (C=O) groups is 1. The second-order valence-corrected chi connectivity index (χ2v) is 4.99. The second kappa shape index (κ2) is 8.14. The molecular weight excluding hydrogens is 310 g/mol. The van der Waals surface area contributed by atoms with Gasteiger partial charge in [0.05, 0.1) is 13.2 Å². The number of halogens is 1. The lowest BCUT2D eigenvalue weighted by Crippen LogP contribution is -2.37. The first kappa shape index (κ1) is 15.9. The summed E-state index contributed by atoms with van der Waals surface area (Å²) in [5.74, 6) is -0.0394. The molecule has 0 radical (unpaired) electrons. The van der Waals surface area contributed by atoms with Crippen LogP contribution >= 0.6 is 15.9 Å². The lowest BCUT2D eigenvalue weighted by molar-refractivity contribution is -0.119. The van der Waals surface area contributed by atoms with E-state index in [1.807, 2.05) is 30.1 Å². The maximum atomic E-state index is 11.7. The molecule has 0 aliphatic heterocycles. The summed E-state index contributed by atoms with van der Waals surface area (Å²) in [6.45, 7) is 1.74. The van der Waals surface area contributed by atoms with Crippen LogP contribution in [0.1, 0.15) is 5.56 Å². The Bertz CT molecular complexity index is 426. The molecule has 0 fully saturated rings. The Balaban J connectivity index is 2.65. The zero-order chi connectivity index (χ0) is 14.3. The minimum Gasteiger partial charge on any atom is -0.383 e. The van der Waals surface area contributed by atoms with Gasteiger partial charge < -0.3 is 20.7 Å². The van der Waals surface area contributed by atoms with Crippen molar-refractivity contribution in [2.75, 3.05) is 38.8 Å². The minimum atomic E-state index is -0.0394. The fraction of sp³-hybridized carbons (Fsp3) is 0.462. The zero-order valence-corrected chi connectivity index (χ0v) is 12.9. The summed E-state index contributed by atoms with van der Waals surface area (Å²) in [5, 5.41) is 2.79. The Morgan fingerprint density at radius 2 is 2.26 bits per heavy atom. The van der Waals surface area contributed by atoms with E-state index in [-0.39, 0.29) is 12.5 Å².